The highest BCUT2D eigenvalue weighted by atomic mass is 79.9. The van der Waals surface area contributed by atoms with E-state index in [1.807, 2.05) is 6.08 Å². The molecule has 0 bridgehead atoms. The number of hydrogen-bond donors (Lipinski definition) is 0. The normalized spacial score (nSPS) is 17.1. The molecule has 0 nitrogen and oxygen atoms in total. The summed E-state index contributed by atoms with van der Waals surface area (Å²) in [4.78, 5) is 0. The highest BCUT2D eigenvalue weighted by Gasteiger charge is 2.04. The fourth-order valence-electron chi connectivity index (χ4n) is 1.33. The Morgan fingerprint density at radius 3 is 2.64 bits per heavy atom. The standard InChI is InChI=1S/C13H15Br/c1-4-13(14)9-11(3)12-7-5-10(2)6-8-12/h4-5,7,9H,1,3,6,8H2,2H3/b13-9+. The Morgan fingerprint density at radius 2 is 2.14 bits per heavy atom. The molecule has 74 valence electrons. The molecule has 0 aromatic rings. The van der Waals surface area contributed by atoms with Gasteiger partial charge in [-0.2, -0.15) is 0 Å². The lowest BCUT2D eigenvalue weighted by atomic mass is 9.94. The summed E-state index contributed by atoms with van der Waals surface area (Å²) in [5.41, 5.74) is 3.82. The number of halogens is 1. The molecule has 0 spiro atoms. The van der Waals surface area contributed by atoms with Crippen LogP contribution in [0.3, 0.4) is 0 Å². The van der Waals surface area contributed by atoms with Crippen LogP contribution in [0.4, 0.5) is 0 Å². The second kappa shape index (κ2) is 5.16. The van der Waals surface area contributed by atoms with E-state index in [1.165, 1.54) is 11.1 Å². The van der Waals surface area contributed by atoms with Crippen LogP contribution in [0, 0.1) is 0 Å². The average Bonchev–Trinajstić information content (AvgIpc) is 2.18. The third kappa shape index (κ3) is 3.15. The molecule has 1 heteroatoms. The van der Waals surface area contributed by atoms with Crippen molar-refractivity contribution in [3.63, 3.8) is 0 Å². The predicted molar refractivity (Wildman–Crippen MR) is 67.4 cm³/mol. The fourth-order valence-corrected chi connectivity index (χ4v) is 1.60. The van der Waals surface area contributed by atoms with Gasteiger partial charge in [-0.3, -0.25) is 0 Å². The molecular formula is C13H15Br. The summed E-state index contributed by atoms with van der Waals surface area (Å²) in [7, 11) is 0. The van der Waals surface area contributed by atoms with Crippen molar-refractivity contribution in [2.24, 2.45) is 0 Å². The van der Waals surface area contributed by atoms with Gasteiger partial charge in [0.15, 0.2) is 0 Å². The van der Waals surface area contributed by atoms with Crippen molar-refractivity contribution in [2.75, 3.05) is 0 Å². The highest BCUT2D eigenvalue weighted by Crippen LogP contribution is 2.25. The van der Waals surface area contributed by atoms with Gasteiger partial charge in [0.05, 0.1) is 0 Å². The van der Waals surface area contributed by atoms with Gasteiger partial charge in [-0.05, 0) is 37.0 Å². The van der Waals surface area contributed by atoms with E-state index in [-0.39, 0.29) is 0 Å². The van der Waals surface area contributed by atoms with E-state index in [9.17, 15) is 0 Å². The first-order chi connectivity index (χ1) is 6.63. The molecule has 14 heavy (non-hydrogen) atoms. The maximum atomic E-state index is 4.04. The zero-order valence-electron chi connectivity index (χ0n) is 8.52. The van der Waals surface area contributed by atoms with Gasteiger partial charge in [0.1, 0.15) is 0 Å². The van der Waals surface area contributed by atoms with Crippen LogP contribution in [0.1, 0.15) is 19.8 Å². The molecule has 0 aliphatic heterocycles. The van der Waals surface area contributed by atoms with E-state index in [0.29, 0.717) is 0 Å². The predicted octanol–water partition coefficient (Wildman–Crippen LogP) is 4.67. The largest absolute Gasteiger partial charge is 0.0979 e. The molecule has 1 aliphatic carbocycles. The molecular weight excluding hydrogens is 236 g/mol. The Bertz CT molecular complexity index is 340. The number of hydrogen-bond acceptors (Lipinski definition) is 0. The lowest BCUT2D eigenvalue weighted by Crippen LogP contribution is -1.92. The van der Waals surface area contributed by atoms with Crippen molar-refractivity contribution >= 4 is 15.9 Å². The van der Waals surface area contributed by atoms with Crippen molar-refractivity contribution in [1.29, 1.82) is 0 Å². The maximum Gasteiger partial charge on any atom is 0.0175 e. The van der Waals surface area contributed by atoms with Gasteiger partial charge in [-0.25, -0.2) is 0 Å². The van der Waals surface area contributed by atoms with Crippen LogP contribution in [-0.2, 0) is 0 Å². The summed E-state index contributed by atoms with van der Waals surface area (Å²) >= 11 is 3.40. The maximum absolute atomic E-state index is 4.04. The molecule has 0 radical (unpaired) electrons. The Morgan fingerprint density at radius 1 is 1.43 bits per heavy atom. The highest BCUT2D eigenvalue weighted by molar-refractivity contribution is 9.11. The van der Waals surface area contributed by atoms with E-state index in [2.05, 4.69) is 48.2 Å². The van der Waals surface area contributed by atoms with Crippen LogP contribution >= 0.6 is 15.9 Å². The lowest BCUT2D eigenvalue weighted by molar-refractivity contribution is 0.919. The molecule has 0 amide bonds. The molecule has 0 aromatic heterocycles. The van der Waals surface area contributed by atoms with Crippen LogP contribution < -0.4 is 0 Å². The smallest absolute Gasteiger partial charge is 0.0175 e. The first-order valence-corrected chi connectivity index (χ1v) is 5.48. The third-order valence-electron chi connectivity index (χ3n) is 2.28. The zero-order valence-corrected chi connectivity index (χ0v) is 10.1. The molecule has 0 aromatic carbocycles. The van der Waals surface area contributed by atoms with Gasteiger partial charge in [-0.1, -0.05) is 52.9 Å². The van der Waals surface area contributed by atoms with Crippen molar-refractivity contribution in [3.05, 3.63) is 58.7 Å². The topological polar surface area (TPSA) is 0 Å². The van der Waals surface area contributed by atoms with Crippen LogP contribution in [0.25, 0.3) is 0 Å². The van der Waals surface area contributed by atoms with Gasteiger partial charge < -0.3 is 0 Å². The van der Waals surface area contributed by atoms with E-state index >= 15 is 0 Å². The SMILES string of the molecule is C=C/C(Br)=C\C(=C)C1=CC=C(C)CC1. The minimum absolute atomic E-state index is 0.981. The first-order valence-electron chi connectivity index (χ1n) is 4.68. The van der Waals surface area contributed by atoms with Gasteiger partial charge in [0.25, 0.3) is 0 Å². The van der Waals surface area contributed by atoms with Crippen LogP contribution in [0.5, 0.6) is 0 Å². The van der Waals surface area contributed by atoms with Crippen molar-refractivity contribution < 1.29 is 0 Å². The van der Waals surface area contributed by atoms with Crippen molar-refractivity contribution in [2.45, 2.75) is 19.8 Å². The van der Waals surface area contributed by atoms with Gasteiger partial charge in [0.2, 0.25) is 0 Å². The van der Waals surface area contributed by atoms with Crippen LogP contribution in [-0.4, -0.2) is 0 Å². The summed E-state index contributed by atoms with van der Waals surface area (Å²) in [6, 6.07) is 0. The van der Waals surface area contributed by atoms with Crippen LogP contribution in [0.2, 0.25) is 0 Å². The third-order valence-corrected chi connectivity index (χ3v) is 2.83. The van der Waals surface area contributed by atoms with Crippen molar-refractivity contribution in [1.82, 2.24) is 0 Å². The summed E-state index contributed by atoms with van der Waals surface area (Å²) in [6.45, 7) is 9.88. The summed E-state index contributed by atoms with van der Waals surface area (Å²) in [5.74, 6) is 0. The Hall–Kier alpha value is -0.820. The molecule has 0 heterocycles. The van der Waals surface area contributed by atoms with Gasteiger partial charge >= 0.3 is 0 Å². The van der Waals surface area contributed by atoms with E-state index in [0.717, 1.165) is 22.9 Å². The van der Waals surface area contributed by atoms with Crippen molar-refractivity contribution in [3.8, 4) is 0 Å². The molecule has 1 rings (SSSR count). The lowest BCUT2D eigenvalue weighted by Gasteiger charge is -2.12. The Balaban J connectivity index is 2.77. The summed E-state index contributed by atoms with van der Waals surface area (Å²) in [5, 5.41) is 0. The first kappa shape index (κ1) is 11.3. The molecule has 0 N–H and O–H groups in total. The molecule has 0 fully saturated rings. The second-order valence-corrected chi connectivity index (χ2v) is 4.38. The quantitative estimate of drug-likeness (QED) is 0.639. The number of rotatable bonds is 3. The molecule has 0 saturated heterocycles. The molecule has 0 saturated carbocycles. The monoisotopic (exact) mass is 250 g/mol. The van der Waals surface area contributed by atoms with Crippen LogP contribution in [0.15, 0.2) is 58.7 Å². The second-order valence-electron chi connectivity index (χ2n) is 3.46. The van der Waals surface area contributed by atoms with E-state index < -0.39 is 0 Å². The molecule has 1 aliphatic rings. The van der Waals surface area contributed by atoms with Gasteiger partial charge in [-0.15, -0.1) is 0 Å². The van der Waals surface area contributed by atoms with E-state index in [4.69, 9.17) is 0 Å². The van der Waals surface area contributed by atoms with Gasteiger partial charge in [0, 0.05) is 4.48 Å². The summed E-state index contributed by atoms with van der Waals surface area (Å²) in [6.07, 6.45) is 10.3. The molecule has 0 atom stereocenters. The van der Waals surface area contributed by atoms with E-state index in [1.54, 1.807) is 6.08 Å². The Labute approximate surface area is 94.5 Å². The zero-order chi connectivity index (χ0) is 10.6. The summed E-state index contributed by atoms with van der Waals surface area (Å²) < 4.78 is 0.981. The number of allylic oxidation sites excluding steroid dienone is 8. The minimum atomic E-state index is 0.981. The fraction of sp³-hybridized carbons (Fsp3) is 0.231. The molecule has 0 unspecified atom stereocenters. The Kier molecular flexibility index (Phi) is 4.15. The average molecular weight is 251 g/mol. The minimum Gasteiger partial charge on any atom is -0.0979 e.